The summed E-state index contributed by atoms with van der Waals surface area (Å²) in [6, 6.07) is 14.1. The highest BCUT2D eigenvalue weighted by molar-refractivity contribution is 6.01. The second-order valence-electron chi connectivity index (χ2n) is 7.15. The average Bonchev–Trinajstić information content (AvgIpc) is 3.24. The van der Waals surface area contributed by atoms with Gasteiger partial charge in [0, 0.05) is 30.6 Å². The van der Waals surface area contributed by atoms with Gasteiger partial charge in [-0.2, -0.15) is 0 Å². The number of carbonyl (C=O) groups excluding carboxylic acids is 3. The first-order valence-corrected chi connectivity index (χ1v) is 9.57. The molecule has 2 aromatic carbocycles. The fourth-order valence-corrected chi connectivity index (χ4v) is 3.08. The van der Waals surface area contributed by atoms with Gasteiger partial charge in [-0.15, -0.1) is 0 Å². The van der Waals surface area contributed by atoms with Crippen molar-refractivity contribution in [1.82, 2.24) is 4.90 Å². The topological polar surface area (TPSA) is 87.7 Å². The Labute approximate surface area is 170 Å². The Morgan fingerprint density at radius 3 is 2.52 bits per heavy atom. The summed E-state index contributed by atoms with van der Waals surface area (Å²) in [5.41, 5.74) is 2.69. The van der Waals surface area contributed by atoms with Gasteiger partial charge in [-0.3, -0.25) is 14.4 Å². The van der Waals surface area contributed by atoms with E-state index in [1.807, 2.05) is 31.2 Å². The number of aryl methyl sites for hydroxylation is 1. The van der Waals surface area contributed by atoms with Crippen LogP contribution in [0.25, 0.3) is 0 Å². The summed E-state index contributed by atoms with van der Waals surface area (Å²) in [5, 5.41) is 5.55. The zero-order valence-corrected chi connectivity index (χ0v) is 16.6. The first-order valence-electron chi connectivity index (χ1n) is 9.57. The summed E-state index contributed by atoms with van der Waals surface area (Å²) in [4.78, 5) is 38.4. The van der Waals surface area contributed by atoms with Crippen LogP contribution in [-0.4, -0.2) is 48.9 Å². The number of benzene rings is 2. The Bertz CT molecular complexity index is 889. The minimum Gasteiger partial charge on any atom is -0.368 e. The number of anilines is 2. The maximum absolute atomic E-state index is 12.7. The van der Waals surface area contributed by atoms with Crippen molar-refractivity contribution in [3.05, 3.63) is 59.7 Å². The maximum Gasteiger partial charge on any atom is 0.254 e. The molecule has 1 aliphatic rings. The monoisotopic (exact) mass is 395 g/mol. The lowest BCUT2D eigenvalue weighted by Gasteiger charge is -2.18. The van der Waals surface area contributed by atoms with E-state index in [1.165, 1.54) is 4.90 Å². The van der Waals surface area contributed by atoms with Crippen LogP contribution in [0.1, 0.15) is 28.8 Å². The quantitative estimate of drug-likeness (QED) is 0.787. The number of nitrogens with one attached hydrogen (secondary N) is 2. The van der Waals surface area contributed by atoms with Crippen molar-refractivity contribution in [3.8, 4) is 0 Å². The van der Waals surface area contributed by atoms with Gasteiger partial charge in [0.05, 0.1) is 6.54 Å². The Balaban J connectivity index is 1.57. The molecule has 1 fully saturated rings. The SMILES string of the molecule is Cc1ccc(NC(=O)CN(C)C(=O)c2cccc(NC(=O)[C@@H]3CCCO3)c2)cc1. The molecule has 152 valence electrons. The molecular formula is C22H25N3O4. The van der Waals surface area contributed by atoms with E-state index >= 15 is 0 Å². The minimum atomic E-state index is -0.442. The molecule has 0 aliphatic carbocycles. The maximum atomic E-state index is 12.7. The van der Waals surface area contributed by atoms with Crippen LogP contribution in [0, 0.1) is 6.92 Å². The molecule has 0 radical (unpaired) electrons. The fraction of sp³-hybridized carbons (Fsp3) is 0.318. The lowest BCUT2D eigenvalue weighted by Crippen LogP contribution is -2.35. The predicted octanol–water partition coefficient (Wildman–Crippen LogP) is 2.82. The Morgan fingerprint density at radius 1 is 1.07 bits per heavy atom. The van der Waals surface area contributed by atoms with Crippen LogP contribution < -0.4 is 10.6 Å². The predicted molar refractivity (Wildman–Crippen MR) is 111 cm³/mol. The number of likely N-dealkylation sites (N-methyl/N-ethyl adjacent to an activating group) is 1. The van der Waals surface area contributed by atoms with Crippen molar-refractivity contribution >= 4 is 29.1 Å². The van der Waals surface area contributed by atoms with E-state index in [-0.39, 0.29) is 24.3 Å². The molecule has 0 spiro atoms. The zero-order chi connectivity index (χ0) is 20.8. The lowest BCUT2D eigenvalue weighted by atomic mass is 10.1. The molecule has 2 N–H and O–H groups in total. The summed E-state index contributed by atoms with van der Waals surface area (Å²) in [7, 11) is 1.56. The van der Waals surface area contributed by atoms with Crippen LogP contribution >= 0.6 is 0 Å². The summed E-state index contributed by atoms with van der Waals surface area (Å²) < 4.78 is 5.37. The molecule has 7 nitrogen and oxygen atoms in total. The molecule has 1 atom stereocenters. The summed E-state index contributed by atoms with van der Waals surface area (Å²) in [6.07, 6.45) is 1.12. The third kappa shape index (κ3) is 5.65. The molecule has 2 aromatic rings. The molecule has 7 heteroatoms. The first kappa shape index (κ1) is 20.5. The summed E-state index contributed by atoms with van der Waals surface area (Å²) >= 11 is 0. The van der Waals surface area contributed by atoms with Gasteiger partial charge in [0.1, 0.15) is 6.10 Å². The molecule has 1 aliphatic heterocycles. The lowest BCUT2D eigenvalue weighted by molar-refractivity contribution is -0.124. The number of nitrogens with zero attached hydrogens (tertiary/aromatic N) is 1. The van der Waals surface area contributed by atoms with E-state index in [4.69, 9.17) is 4.74 Å². The molecule has 1 saturated heterocycles. The largest absolute Gasteiger partial charge is 0.368 e. The highest BCUT2D eigenvalue weighted by Gasteiger charge is 2.24. The summed E-state index contributed by atoms with van der Waals surface area (Å²) in [5.74, 6) is -0.803. The number of amides is 3. The Hall–Kier alpha value is -3.19. The van der Waals surface area contributed by atoms with Gasteiger partial charge in [-0.1, -0.05) is 23.8 Å². The molecule has 3 rings (SSSR count). The van der Waals surface area contributed by atoms with Crippen LogP contribution in [-0.2, 0) is 14.3 Å². The number of rotatable bonds is 6. The van der Waals surface area contributed by atoms with Gasteiger partial charge in [0.2, 0.25) is 5.91 Å². The smallest absolute Gasteiger partial charge is 0.254 e. The van der Waals surface area contributed by atoms with E-state index in [2.05, 4.69) is 10.6 Å². The standard InChI is InChI=1S/C22H25N3O4/c1-15-8-10-17(11-9-15)23-20(26)14-25(2)22(28)16-5-3-6-18(13-16)24-21(27)19-7-4-12-29-19/h3,5-6,8-11,13,19H,4,7,12,14H2,1-2H3,(H,23,26)(H,24,27)/t19-/m0/s1. The third-order valence-electron chi connectivity index (χ3n) is 4.66. The van der Waals surface area contributed by atoms with Gasteiger partial charge in [0.15, 0.2) is 0 Å². The fourth-order valence-electron chi connectivity index (χ4n) is 3.08. The van der Waals surface area contributed by atoms with Crippen molar-refractivity contribution in [2.24, 2.45) is 0 Å². The van der Waals surface area contributed by atoms with Crippen molar-refractivity contribution in [2.45, 2.75) is 25.9 Å². The molecule has 29 heavy (non-hydrogen) atoms. The molecular weight excluding hydrogens is 370 g/mol. The second kappa shape index (κ2) is 9.34. The van der Waals surface area contributed by atoms with E-state index < -0.39 is 6.10 Å². The van der Waals surface area contributed by atoms with Crippen LogP contribution in [0.5, 0.6) is 0 Å². The minimum absolute atomic E-state index is 0.0841. The average molecular weight is 395 g/mol. The van der Waals surface area contributed by atoms with Crippen LogP contribution in [0.4, 0.5) is 11.4 Å². The number of carbonyl (C=O) groups is 3. The Kier molecular flexibility index (Phi) is 6.61. The van der Waals surface area contributed by atoms with Gasteiger partial charge in [-0.25, -0.2) is 0 Å². The number of hydrogen-bond donors (Lipinski definition) is 2. The molecule has 1 heterocycles. The van der Waals surface area contributed by atoms with Crippen molar-refractivity contribution < 1.29 is 19.1 Å². The van der Waals surface area contributed by atoms with Crippen LogP contribution in [0.15, 0.2) is 48.5 Å². The number of ether oxygens (including phenoxy) is 1. The van der Waals surface area contributed by atoms with Crippen LogP contribution in [0.3, 0.4) is 0 Å². The van der Waals surface area contributed by atoms with Gasteiger partial charge < -0.3 is 20.3 Å². The van der Waals surface area contributed by atoms with Crippen LogP contribution in [0.2, 0.25) is 0 Å². The molecule has 0 unspecified atom stereocenters. The van der Waals surface area contributed by atoms with E-state index in [0.717, 1.165) is 12.0 Å². The Morgan fingerprint density at radius 2 is 1.83 bits per heavy atom. The summed E-state index contributed by atoms with van der Waals surface area (Å²) in [6.45, 7) is 2.47. The molecule has 0 aromatic heterocycles. The van der Waals surface area contributed by atoms with Crippen molar-refractivity contribution in [1.29, 1.82) is 0 Å². The molecule has 0 bridgehead atoms. The van der Waals surface area contributed by atoms with Gasteiger partial charge >= 0.3 is 0 Å². The van der Waals surface area contributed by atoms with Crippen molar-refractivity contribution in [2.75, 3.05) is 30.8 Å². The van der Waals surface area contributed by atoms with Gasteiger partial charge in [-0.05, 0) is 50.1 Å². The second-order valence-corrected chi connectivity index (χ2v) is 7.15. The molecule has 0 saturated carbocycles. The van der Waals surface area contributed by atoms with E-state index in [9.17, 15) is 14.4 Å². The normalized spacial score (nSPS) is 15.6. The molecule has 3 amide bonds. The van der Waals surface area contributed by atoms with E-state index in [1.54, 1.807) is 31.3 Å². The zero-order valence-electron chi connectivity index (χ0n) is 16.6. The van der Waals surface area contributed by atoms with E-state index in [0.29, 0.717) is 30.0 Å². The van der Waals surface area contributed by atoms with Crippen molar-refractivity contribution in [3.63, 3.8) is 0 Å². The highest BCUT2D eigenvalue weighted by Crippen LogP contribution is 2.17. The first-order chi connectivity index (χ1) is 13.9. The number of hydrogen-bond acceptors (Lipinski definition) is 4. The van der Waals surface area contributed by atoms with Gasteiger partial charge in [0.25, 0.3) is 11.8 Å². The third-order valence-corrected chi connectivity index (χ3v) is 4.66. The highest BCUT2D eigenvalue weighted by atomic mass is 16.5.